The third-order valence-electron chi connectivity index (χ3n) is 5.72. The summed E-state index contributed by atoms with van der Waals surface area (Å²) in [6, 6.07) is 18.8. The van der Waals surface area contributed by atoms with E-state index in [4.69, 9.17) is 9.47 Å². The van der Waals surface area contributed by atoms with E-state index in [1.165, 1.54) is 5.56 Å². The van der Waals surface area contributed by atoms with Crippen molar-refractivity contribution >= 4 is 6.09 Å². The first-order valence-electron chi connectivity index (χ1n) is 10.9. The van der Waals surface area contributed by atoms with E-state index < -0.39 is 17.8 Å². The molecule has 4 rings (SSSR count). The van der Waals surface area contributed by atoms with Gasteiger partial charge in [-0.15, -0.1) is 0 Å². The molecule has 2 aromatic carbocycles. The van der Waals surface area contributed by atoms with Crippen LogP contribution in [0.15, 0.2) is 72.9 Å². The van der Waals surface area contributed by atoms with Gasteiger partial charge in [-0.25, -0.2) is 9.78 Å². The second-order valence-corrected chi connectivity index (χ2v) is 7.93. The number of piperazine rings is 1. The second kappa shape index (κ2) is 10.1. The molecular formula is C25H24F3N3O3. The average molecular weight is 471 g/mol. The normalized spacial score (nSPS) is 15.6. The topological polar surface area (TPSA) is 54.9 Å². The van der Waals surface area contributed by atoms with Crippen molar-refractivity contribution in [2.24, 2.45) is 0 Å². The maximum absolute atomic E-state index is 12.6. The highest BCUT2D eigenvalue weighted by molar-refractivity contribution is 5.70. The number of rotatable bonds is 5. The Labute approximate surface area is 195 Å². The molecule has 0 radical (unpaired) electrons. The molecule has 0 bridgehead atoms. The molecule has 1 fully saturated rings. The predicted molar refractivity (Wildman–Crippen MR) is 120 cm³/mol. The van der Waals surface area contributed by atoms with E-state index in [1.807, 2.05) is 18.2 Å². The zero-order valence-electron chi connectivity index (χ0n) is 18.5. The van der Waals surface area contributed by atoms with Gasteiger partial charge in [-0.05, 0) is 42.8 Å². The van der Waals surface area contributed by atoms with Gasteiger partial charge in [0, 0.05) is 44.5 Å². The molecule has 0 N–H and O–H groups in total. The number of pyridine rings is 1. The Morgan fingerprint density at radius 3 is 2.15 bits per heavy atom. The van der Waals surface area contributed by atoms with Crippen LogP contribution in [0.4, 0.5) is 18.0 Å². The monoisotopic (exact) mass is 471 g/mol. The summed E-state index contributed by atoms with van der Waals surface area (Å²) in [5.41, 5.74) is 0.393. The Morgan fingerprint density at radius 2 is 1.56 bits per heavy atom. The SMILES string of the molecule is CC(c1ccccc1)N1CCN(C(=O)Oc2ccc(Oc3ccc(C(F)(F)F)cn3)cc2)CC1. The fourth-order valence-electron chi connectivity index (χ4n) is 3.70. The molecule has 1 aliphatic rings. The van der Waals surface area contributed by atoms with Crippen LogP contribution in [0.1, 0.15) is 24.1 Å². The molecule has 9 heteroatoms. The number of nitrogens with zero attached hydrogens (tertiary/aromatic N) is 3. The van der Waals surface area contributed by atoms with Crippen LogP contribution < -0.4 is 9.47 Å². The van der Waals surface area contributed by atoms with Crippen molar-refractivity contribution in [3.63, 3.8) is 0 Å². The average Bonchev–Trinajstić information content (AvgIpc) is 2.85. The lowest BCUT2D eigenvalue weighted by molar-refractivity contribution is -0.137. The van der Waals surface area contributed by atoms with Gasteiger partial charge in [0.05, 0.1) is 5.56 Å². The van der Waals surface area contributed by atoms with E-state index in [0.29, 0.717) is 30.8 Å². The summed E-state index contributed by atoms with van der Waals surface area (Å²) in [6.45, 7) is 4.79. The zero-order chi connectivity index (χ0) is 24.1. The van der Waals surface area contributed by atoms with E-state index in [9.17, 15) is 18.0 Å². The number of hydrogen-bond donors (Lipinski definition) is 0. The van der Waals surface area contributed by atoms with Gasteiger partial charge in [0.15, 0.2) is 0 Å². The van der Waals surface area contributed by atoms with Crippen molar-refractivity contribution in [2.45, 2.75) is 19.1 Å². The molecular weight excluding hydrogens is 447 g/mol. The molecule has 3 aromatic rings. The molecule has 1 amide bonds. The van der Waals surface area contributed by atoms with Gasteiger partial charge in [0.25, 0.3) is 0 Å². The first-order valence-corrected chi connectivity index (χ1v) is 10.9. The molecule has 1 aliphatic heterocycles. The number of carbonyl (C=O) groups is 1. The largest absolute Gasteiger partial charge is 0.439 e. The quantitative estimate of drug-likeness (QED) is 0.473. The lowest BCUT2D eigenvalue weighted by Crippen LogP contribution is -2.50. The van der Waals surface area contributed by atoms with Crippen LogP contribution >= 0.6 is 0 Å². The number of hydrogen-bond acceptors (Lipinski definition) is 5. The molecule has 0 spiro atoms. The third kappa shape index (κ3) is 5.85. The summed E-state index contributed by atoms with van der Waals surface area (Å²) < 4.78 is 48.8. The summed E-state index contributed by atoms with van der Waals surface area (Å²) in [6.07, 6.45) is -4.17. The lowest BCUT2D eigenvalue weighted by Gasteiger charge is -2.37. The van der Waals surface area contributed by atoms with Gasteiger partial charge in [-0.1, -0.05) is 30.3 Å². The molecule has 1 aromatic heterocycles. The van der Waals surface area contributed by atoms with Crippen molar-refractivity contribution in [2.75, 3.05) is 26.2 Å². The van der Waals surface area contributed by atoms with Crippen molar-refractivity contribution in [3.05, 3.63) is 84.1 Å². The molecule has 178 valence electrons. The first kappa shape index (κ1) is 23.6. The Morgan fingerprint density at radius 1 is 0.912 bits per heavy atom. The van der Waals surface area contributed by atoms with Crippen LogP contribution in [0.5, 0.6) is 17.4 Å². The predicted octanol–water partition coefficient (Wildman–Crippen LogP) is 5.77. The number of amides is 1. The van der Waals surface area contributed by atoms with E-state index in [0.717, 1.165) is 25.2 Å². The summed E-state index contributed by atoms with van der Waals surface area (Å²) in [5.74, 6) is 0.730. The minimum absolute atomic E-state index is 0.0281. The zero-order valence-corrected chi connectivity index (χ0v) is 18.5. The smallest absolute Gasteiger partial charge is 0.417 e. The molecule has 1 unspecified atom stereocenters. The van der Waals surface area contributed by atoms with Crippen LogP contribution in [0.2, 0.25) is 0 Å². The Kier molecular flexibility index (Phi) is 7.02. The van der Waals surface area contributed by atoms with Gasteiger partial charge in [0.2, 0.25) is 5.88 Å². The standard InChI is InChI=1S/C25H24F3N3O3/c1-18(19-5-3-2-4-6-19)30-13-15-31(16-14-30)24(32)34-22-10-8-21(9-11-22)33-23-12-7-20(17-29-23)25(26,27)28/h2-12,17-18H,13-16H2,1H3. The number of carbonyl (C=O) groups excluding carboxylic acids is 1. The van der Waals surface area contributed by atoms with Crippen LogP contribution in [0, 0.1) is 0 Å². The fourth-order valence-corrected chi connectivity index (χ4v) is 3.70. The first-order chi connectivity index (χ1) is 16.3. The molecule has 34 heavy (non-hydrogen) atoms. The van der Waals surface area contributed by atoms with Gasteiger partial charge >= 0.3 is 12.3 Å². The maximum atomic E-state index is 12.6. The lowest BCUT2D eigenvalue weighted by atomic mass is 10.1. The van der Waals surface area contributed by atoms with Gasteiger partial charge in [-0.3, -0.25) is 4.90 Å². The molecule has 0 aliphatic carbocycles. The molecule has 6 nitrogen and oxygen atoms in total. The van der Waals surface area contributed by atoms with Crippen molar-refractivity contribution in [3.8, 4) is 17.4 Å². The highest BCUT2D eigenvalue weighted by Crippen LogP contribution is 2.30. The fraction of sp³-hybridized carbons (Fsp3) is 0.280. The number of ether oxygens (including phenoxy) is 2. The van der Waals surface area contributed by atoms with Crippen molar-refractivity contribution in [1.29, 1.82) is 0 Å². The van der Waals surface area contributed by atoms with Crippen molar-refractivity contribution in [1.82, 2.24) is 14.8 Å². The van der Waals surface area contributed by atoms with Gasteiger partial charge in [0.1, 0.15) is 11.5 Å². The Bertz CT molecular complexity index is 1080. The van der Waals surface area contributed by atoms with Crippen LogP contribution in [-0.2, 0) is 6.18 Å². The Balaban J connectivity index is 1.27. The van der Waals surface area contributed by atoms with E-state index >= 15 is 0 Å². The third-order valence-corrected chi connectivity index (χ3v) is 5.72. The minimum Gasteiger partial charge on any atom is -0.439 e. The van der Waals surface area contributed by atoms with Crippen LogP contribution in [0.25, 0.3) is 0 Å². The number of halogens is 3. The molecule has 1 saturated heterocycles. The van der Waals surface area contributed by atoms with E-state index in [2.05, 4.69) is 28.9 Å². The highest BCUT2D eigenvalue weighted by atomic mass is 19.4. The summed E-state index contributed by atoms with van der Waals surface area (Å²) in [5, 5.41) is 0. The van der Waals surface area contributed by atoms with E-state index in [1.54, 1.807) is 29.2 Å². The number of alkyl halides is 3. The second-order valence-electron chi connectivity index (χ2n) is 7.93. The van der Waals surface area contributed by atoms with Gasteiger partial charge < -0.3 is 14.4 Å². The number of benzene rings is 2. The van der Waals surface area contributed by atoms with Gasteiger partial charge in [-0.2, -0.15) is 13.2 Å². The maximum Gasteiger partial charge on any atom is 0.417 e. The molecule has 0 saturated carbocycles. The van der Waals surface area contributed by atoms with E-state index in [-0.39, 0.29) is 11.9 Å². The summed E-state index contributed by atoms with van der Waals surface area (Å²) in [7, 11) is 0. The van der Waals surface area contributed by atoms with Crippen LogP contribution in [0.3, 0.4) is 0 Å². The van der Waals surface area contributed by atoms with Crippen molar-refractivity contribution < 1.29 is 27.4 Å². The summed E-state index contributed by atoms with van der Waals surface area (Å²) >= 11 is 0. The Hall–Kier alpha value is -3.59. The highest BCUT2D eigenvalue weighted by Gasteiger charge is 2.30. The molecule has 1 atom stereocenters. The number of aromatic nitrogens is 1. The molecule has 2 heterocycles. The van der Waals surface area contributed by atoms with Crippen LogP contribution in [-0.4, -0.2) is 47.1 Å². The summed E-state index contributed by atoms with van der Waals surface area (Å²) in [4.78, 5) is 20.2. The minimum atomic E-state index is -4.45.